The number of rotatable bonds is 4. The normalized spacial score (nSPS) is 12.2. The van der Waals surface area contributed by atoms with Crippen LogP contribution in [-0.2, 0) is 0 Å². The minimum Gasteiger partial charge on any atom is -0.366 e. The molecule has 0 heterocycles. The highest BCUT2D eigenvalue weighted by molar-refractivity contribution is 7.80. The van der Waals surface area contributed by atoms with Gasteiger partial charge in [-0.05, 0) is 30.1 Å². The maximum absolute atomic E-state index is 5.16. The van der Waals surface area contributed by atoms with Gasteiger partial charge in [-0.25, -0.2) is 0 Å². The van der Waals surface area contributed by atoms with Gasteiger partial charge < -0.3 is 10.6 Å². The van der Waals surface area contributed by atoms with Gasteiger partial charge in [-0.3, -0.25) is 0 Å². The van der Waals surface area contributed by atoms with E-state index < -0.39 is 0 Å². The lowest BCUT2D eigenvalue weighted by Gasteiger charge is -2.22. The van der Waals surface area contributed by atoms with Gasteiger partial charge in [0.1, 0.15) is 0 Å². The molecule has 88 valence electrons. The predicted molar refractivity (Wildman–Crippen MR) is 73.4 cm³/mol. The van der Waals surface area contributed by atoms with Crippen LogP contribution in [0.1, 0.15) is 31.9 Å². The number of hydrogen-bond acceptors (Lipinski definition) is 1. The van der Waals surface area contributed by atoms with Crippen LogP contribution in [0.3, 0.4) is 0 Å². The van der Waals surface area contributed by atoms with Crippen molar-refractivity contribution in [3.63, 3.8) is 0 Å². The van der Waals surface area contributed by atoms with Crippen LogP contribution in [0, 0.1) is 5.92 Å². The first-order valence-electron chi connectivity index (χ1n) is 5.66. The summed E-state index contributed by atoms with van der Waals surface area (Å²) in [5.41, 5.74) is 1.29. The molecular formula is C13H20N2S. The molecule has 0 saturated heterocycles. The van der Waals surface area contributed by atoms with Gasteiger partial charge in [-0.15, -0.1) is 0 Å². The van der Waals surface area contributed by atoms with Gasteiger partial charge in [0.05, 0.1) is 6.04 Å². The average Bonchev–Trinajstić information content (AvgIpc) is 2.28. The van der Waals surface area contributed by atoms with E-state index in [0.29, 0.717) is 17.1 Å². The van der Waals surface area contributed by atoms with E-state index in [1.54, 1.807) is 0 Å². The lowest BCUT2D eigenvalue weighted by molar-refractivity contribution is 0.478. The Hall–Kier alpha value is -1.09. The monoisotopic (exact) mass is 236 g/mol. The summed E-state index contributed by atoms with van der Waals surface area (Å²) in [5, 5.41) is 7.00. The largest absolute Gasteiger partial charge is 0.366 e. The first-order valence-corrected chi connectivity index (χ1v) is 6.07. The van der Waals surface area contributed by atoms with E-state index in [0.717, 1.165) is 6.42 Å². The smallest absolute Gasteiger partial charge is 0.166 e. The third-order valence-electron chi connectivity index (χ3n) is 2.44. The lowest BCUT2D eigenvalue weighted by atomic mass is 9.97. The fraction of sp³-hybridized carbons (Fsp3) is 0.462. The van der Waals surface area contributed by atoms with Crippen molar-refractivity contribution in [3.8, 4) is 0 Å². The van der Waals surface area contributed by atoms with E-state index in [9.17, 15) is 0 Å². The fourth-order valence-electron chi connectivity index (χ4n) is 1.67. The standard InChI is InChI=1S/C13H20N2S/c1-10(2)9-12(15-13(16)14-3)11-7-5-4-6-8-11/h4-8,10,12H,9H2,1-3H3,(H2,14,15,16)/t12-/m1/s1. The topological polar surface area (TPSA) is 24.1 Å². The van der Waals surface area contributed by atoms with Crippen LogP contribution in [0.2, 0.25) is 0 Å². The van der Waals surface area contributed by atoms with Gasteiger partial charge in [0.15, 0.2) is 5.11 Å². The van der Waals surface area contributed by atoms with E-state index >= 15 is 0 Å². The average molecular weight is 236 g/mol. The zero-order chi connectivity index (χ0) is 12.0. The van der Waals surface area contributed by atoms with Crippen LogP contribution in [0.4, 0.5) is 0 Å². The molecule has 1 aromatic rings. The van der Waals surface area contributed by atoms with Gasteiger partial charge in [-0.1, -0.05) is 44.2 Å². The van der Waals surface area contributed by atoms with E-state index in [-0.39, 0.29) is 0 Å². The second-order valence-corrected chi connectivity index (χ2v) is 4.72. The molecule has 1 aromatic carbocycles. The summed E-state index contributed by atoms with van der Waals surface area (Å²) in [5.74, 6) is 0.636. The molecule has 0 unspecified atom stereocenters. The Bertz CT molecular complexity index is 322. The van der Waals surface area contributed by atoms with Crippen LogP contribution in [0.5, 0.6) is 0 Å². The maximum Gasteiger partial charge on any atom is 0.166 e. The summed E-state index contributed by atoms with van der Waals surface area (Å²) < 4.78 is 0. The SMILES string of the molecule is CNC(=S)N[C@H](CC(C)C)c1ccccc1. The number of benzene rings is 1. The highest BCUT2D eigenvalue weighted by Crippen LogP contribution is 2.20. The first kappa shape index (κ1) is 13.0. The van der Waals surface area contributed by atoms with E-state index in [1.807, 2.05) is 13.1 Å². The number of hydrogen-bond donors (Lipinski definition) is 2. The summed E-state index contributed by atoms with van der Waals surface area (Å²) in [7, 11) is 1.84. The molecule has 0 aliphatic heterocycles. The summed E-state index contributed by atoms with van der Waals surface area (Å²) in [4.78, 5) is 0. The van der Waals surface area contributed by atoms with Crippen molar-refractivity contribution in [1.82, 2.24) is 10.6 Å². The number of thiocarbonyl (C=S) groups is 1. The van der Waals surface area contributed by atoms with Gasteiger partial charge in [0.2, 0.25) is 0 Å². The second kappa shape index (κ2) is 6.48. The molecule has 2 N–H and O–H groups in total. The van der Waals surface area contributed by atoms with Gasteiger partial charge in [-0.2, -0.15) is 0 Å². The molecule has 1 rings (SSSR count). The van der Waals surface area contributed by atoms with E-state index in [1.165, 1.54) is 5.56 Å². The van der Waals surface area contributed by atoms with Crippen LogP contribution in [0.25, 0.3) is 0 Å². The quantitative estimate of drug-likeness (QED) is 0.786. The second-order valence-electron chi connectivity index (χ2n) is 4.32. The molecule has 0 spiro atoms. The van der Waals surface area contributed by atoms with E-state index in [2.05, 4.69) is 48.7 Å². The minimum absolute atomic E-state index is 0.293. The zero-order valence-electron chi connectivity index (χ0n) is 10.2. The van der Waals surface area contributed by atoms with Crippen molar-refractivity contribution in [1.29, 1.82) is 0 Å². The van der Waals surface area contributed by atoms with Crippen molar-refractivity contribution in [2.75, 3.05) is 7.05 Å². The summed E-state index contributed by atoms with van der Waals surface area (Å²) in [6.45, 7) is 4.44. The molecule has 0 aliphatic rings. The number of nitrogens with one attached hydrogen (secondary N) is 2. The minimum atomic E-state index is 0.293. The molecule has 3 heteroatoms. The fourth-order valence-corrected chi connectivity index (χ4v) is 1.81. The summed E-state index contributed by atoms with van der Waals surface area (Å²) in [6, 6.07) is 10.7. The molecule has 0 bridgehead atoms. The molecule has 0 aromatic heterocycles. The van der Waals surface area contributed by atoms with Crippen molar-refractivity contribution in [3.05, 3.63) is 35.9 Å². The Morgan fingerprint density at radius 1 is 1.25 bits per heavy atom. The lowest BCUT2D eigenvalue weighted by Crippen LogP contribution is -2.36. The molecule has 0 amide bonds. The van der Waals surface area contributed by atoms with E-state index in [4.69, 9.17) is 12.2 Å². The Balaban J connectivity index is 2.75. The Morgan fingerprint density at radius 2 is 1.88 bits per heavy atom. The van der Waals surface area contributed by atoms with Crippen LogP contribution in [-0.4, -0.2) is 12.2 Å². The summed E-state index contributed by atoms with van der Waals surface area (Å²) >= 11 is 5.16. The molecule has 0 saturated carbocycles. The molecule has 1 atom stereocenters. The molecule has 0 fully saturated rings. The van der Waals surface area contributed by atoms with Crippen molar-refractivity contribution in [2.45, 2.75) is 26.3 Å². The predicted octanol–water partition coefficient (Wildman–Crippen LogP) is 2.87. The Kier molecular flexibility index (Phi) is 5.26. The first-order chi connectivity index (χ1) is 7.63. The Morgan fingerprint density at radius 3 is 2.38 bits per heavy atom. The van der Waals surface area contributed by atoms with Gasteiger partial charge >= 0.3 is 0 Å². The molecule has 2 nitrogen and oxygen atoms in total. The molecular weight excluding hydrogens is 216 g/mol. The molecule has 0 radical (unpaired) electrons. The van der Waals surface area contributed by atoms with Crippen LogP contribution < -0.4 is 10.6 Å². The maximum atomic E-state index is 5.16. The third-order valence-corrected chi connectivity index (χ3v) is 2.76. The van der Waals surface area contributed by atoms with Crippen molar-refractivity contribution >= 4 is 17.3 Å². The van der Waals surface area contributed by atoms with Crippen LogP contribution in [0.15, 0.2) is 30.3 Å². The highest BCUT2D eigenvalue weighted by atomic mass is 32.1. The molecule has 16 heavy (non-hydrogen) atoms. The molecule has 0 aliphatic carbocycles. The van der Waals surface area contributed by atoms with Crippen LogP contribution >= 0.6 is 12.2 Å². The zero-order valence-corrected chi connectivity index (χ0v) is 11.0. The third kappa shape index (κ3) is 4.19. The van der Waals surface area contributed by atoms with Gasteiger partial charge in [0.25, 0.3) is 0 Å². The van der Waals surface area contributed by atoms with Gasteiger partial charge in [0, 0.05) is 7.05 Å². The Labute approximate surface area is 103 Å². The van der Waals surface area contributed by atoms with Crippen molar-refractivity contribution < 1.29 is 0 Å². The highest BCUT2D eigenvalue weighted by Gasteiger charge is 2.13. The van der Waals surface area contributed by atoms with Crippen molar-refractivity contribution in [2.24, 2.45) is 5.92 Å². The summed E-state index contributed by atoms with van der Waals surface area (Å²) in [6.07, 6.45) is 1.08.